The zero-order valence-corrected chi connectivity index (χ0v) is 11.1. The summed E-state index contributed by atoms with van der Waals surface area (Å²) in [6, 6.07) is 5.49. The second kappa shape index (κ2) is 6.34. The van der Waals surface area contributed by atoms with Gasteiger partial charge in [-0.15, -0.1) is 0 Å². The molecule has 2 rings (SSSR count). The van der Waals surface area contributed by atoms with Crippen molar-refractivity contribution >= 4 is 0 Å². The minimum Gasteiger partial charge on any atom is -0.491 e. The maximum atomic E-state index is 10.5. The lowest BCUT2D eigenvalue weighted by atomic mass is 9.96. The summed E-state index contributed by atoms with van der Waals surface area (Å²) >= 11 is 0. The third-order valence-corrected chi connectivity index (χ3v) is 3.50. The van der Waals surface area contributed by atoms with Crippen LogP contribution in [0.3, 0.4) is 0 Å². The van der Waals surface area contributed by atoms with Gasteiger partial charge < -0.3 is 20.1 Å². The Kier molecular flexibility index (Phi) is 4.76. The van der Waals surface area contributed by atoms with E-state index in [1.165, 1.54) is 0 Å². The average Bonchev–Trinajstić information content (AvgIpc) is 2.40. The van der Waals surface area contributed by atoms with Gasteiger partial charge in [0.25, 0.3) is 0 Å². The Balaban J connectivity index is 2.21. The molecule has 1 aromatic rings. The average molecular weight is 267 g/mol. The first-order chi connectivity index (χ1) is 9.17. The van der Waals surface area contributed by atoms with Gasteiger partial charge in [0.2, 0.25) is 0 Å². The van der Waals surface area contributed by atoms with Crippen molar-refractivity contribution in [2.24, 2.45) is 0 Å². The van der Waals surface area contributed by atoms with Crippen molar-refractivity contribution in [1.29, 1.82) is 0 Å². The number of rotatable bonds is 5. The van der Waals surface area contributed by atoms with Crippen LogP contribution in [0.5, 0.6) is 5.75 Å². The number of nitrogens with zero attached hydrogens (tertiary/aromatic N) is 1. The number of hydrogen-bond donors (Lipinski definition) is 3. The Labute approximate surface area is 113 Å². The van der Waals surface area contributed by atoms with Gasteiger partial charge in [-0.1, -0.05) is 11.6 Å². The van der Waals surface area contributed by atoms with E-state index < -0.39 is 6.10 Å². The molecule has 0 radical (unpaired) electrons. The fourth-order valence-electron chi connectivity index (χ4n) is 2.51. The number of ether oxygens (including phenoxy) is 1. The van der Waals surface area contributed by atoms with Crippen LogP contribution in [-0.4, -0.2) is 59.2 Å². The van der Waals surface area contributed by atoms with Crippen LogP contribution in [0.1, 0.15) is 17.2 Å². The molecule has 0 saturated heterocycles. The van der Waals surface area contributed by atoms with Gasteiger partial charge in [0, 0.05) is 18.7 Å². The highest BCUT2D eigenvalue weighted by atomic mass is 16.5. The van der Waals surface area contributed by atoms with Crippen molar-refractivity contribution in [3.8, 4) is 5.75 Å². The first kappa shape index (κ1) is 14.3. The third-order valence-electron chi connectivity index (χ3n) is 3.50. The zero-order valence-electron chi connectivity index (χ0n) is 11.1. The van der Waals surface area contributed by atoms with E-state index in [1.54, 1.807) is 0 Å². The van der Waals surface area contributed by atoms with E-state index in [0.29, 0.717) is 25.4 Å². The van der Waals surface area contributed by atoms with Crippen LogP contribution in [0, 0.1) is 6.92 Å². The lowest BCUT2D eigenvalue weighted by molar-refractivity contribution is -0.00866. The summed E-state index contributed by atoms with van der Waals surface area (Å²) in [5, 5.41) is 28.6. The third kappa shape index (κ3) is 3.06. The number of aliphatic hydroxyl groups is 3. The summed E-state index contributed by atoms with van der Waals surface area (Å²) in [6.07, 6.45) is -0.665. The molecule has 0 aromatic heterocycles. The Morgan fingerprint density at radius 2 is 1.95 bits per heavy atom. The summed E-state index contributed by atoms with van der Waals surface area (Å²) in [5.41, 5.74) is 1.84. The fourth-order valence-corrected chi connectivity index (χ4v) is 2.51. The van der Waals surface area contributed by atoms with Gasteiger partial charge in [0.1, 0.15) is 18.5 Å². The first-order valence-corrected chi connectivity index (χ1v) is 6.54. The van der Waals surface area contributed by atoms with Gasteiger partial charge >= 0.3 is 0 Å². The van der Waals surface area contributed by atoms with Crippen LogP contribution in [0.25, 0.3) is 0 Å². The van der Waals surface area contributed by atoms with Gasteiger partial charge in [0.05, 0.1) is 19.3 Å². The molecule has 0 aliphatic carbocycles. The van der Waals surface area contributed by atoms with E-state index in [9.17, 15) is 5.11 Å². The second-order valence-corrected chi connectivity index (χ2v) is 4.85. The van der Waals surface area contributed by atoms with Crippen molar-refractivity contribution in [1.82, 2.24) is 4.90 Å². The number of fused-ring (bicyclic) bond motifs is 1. The molecule has 19 heavy (non-hydrogen) atoms. The molecule has 2 atom stereocenters. The minimum absolute atomic E-state index is 0.0100. The molecule has 1 heterocycles. The predicted octanol–water partition coefficient (Wildman–Crippen LogP) is 0.0760. The van der Waals surface area contributed by atoms with E-state index in [2.05, 4.69) is 0 Å². The van der Waals surface area contributed by atoms with E-state index in [-0.39, 0.29) is 19.3 Å². The van der Waals surface area contributed by atoms with Crippen LogP contribution in [0.4, 0.5) is 0 Å². The molecule has 3 N–H and O–H groups in total. The molecule has 1 aliphatic heterocycles. The molecule has 0 saturated carbocycles. The quantitative estimate of drug-likeness (QED) is 0.704. The summed E-state index contributed by atoms with van der Waals surface area (Å²) < 4.78 is 5.67. The summed E-state index contributed by atoms with van der Waals surface area (Å²) in [7, 11) is 0. The second-order valence-electron chi connectivity index (χ2n) is 4.85. The smallest absolute Gasteiger partial charge is 0.125 e. The maximum absolute atomic E-state index is 10.5. The van der Waals surface area contributed by atoms with Gasteiger partial charge in [-0.2, -0.15) is 0 Å². The van der Waals surface area contributed by atoms with Crippen molar-refractivity contribution in [3.63, 3.8) is 0 Å². The summed E-state index contributed by atoms with van der Waals surface area (Å²) in [5.74, 6) is 0.710. The van der Waals surface area contributed by atoms with Crippen LogP contribution in [0.15, 0.2) is 18.2 Å². The number of aliphatic hydroxyl groups excluding tert-OH is 3. The first-order valence-electron chi connectivity index (χ1n) is 6.54. The molecule has 1 aromatic carbocycles. The zero-order chi connectivity index (χ0) is 13.8. The maximum Gasteiger partial charge on any atom is 0.125 e. The van der Waals surface area contributed by atoms with E-state index in [0.717, 1.165) is 11.1 Å². The van der Waals surface area contributed by atoms with Crippen LogP contribution < -0.4 is 4.74 Å². The Bertz CT molecular complexity index is 418. The minimum atomic E-state index is -0.665. The van der Waals surface area contributed by atoms with Crippen molar-refractivity contribution in [3.05, 3.63) is 29.3 Å². The summed E-state index contributed by atoms with van der Waals surface area (Å²) in [4.78, 5) is 1.86. The molecule has 1 aliphatic rings. The normalized spacial score (nSPS) is 22.2. The predicted molar refractivity (Wildman–Crippen MR) is 71.2 cm³/mol. The highest BCUT2D eigenvalue weighted by Gasteiger charge is 2.33. The molecule has 2 unspecified atom stereocenters. The Morgan fingerprint density at radius 1 is 1.26 bits per heavy atom. The highest BCUT2D eigenvalue weighted by Crippen LogP contribution is 2.34. The standard InChI is InChI=1S/C14H21NO4/c1-10-2-3-13-11(8-10)14(18)12(9-19-13)15(4-6-16)5-7-17/h2-3,8,12,14,16-18H,4-7,9H2,1H3. The molecule has 0 spiro atoms. The molecule has 0 fully saturated rings. The molecule has 0 amide bonds. The van der Waals surface area contributed by atoms with Crippen molar-refractivity contribution in [2.45, 2.75) is 19.1 Å². The van der Waals surface area contributed by atoms with Crippen LogP contribution in [-0.2, 0) is 0 Å². The largest absolute Gasteiger partial charge is 0.491 e. The summed E-state index contributed by atoms with van der Waals surface area (Å²) in [6.45, 7) is 3.13. The lowest BCUT2D eigenvalue weighted by Gasteiger charge is -2.38. The Morgan fingerprint density at radius 3 is 2.58 bits per heavy atom. The van der Waals surface area contributed by atoms with Crippen LogP contribution in [0.2, 0.25) is 0 Å². The van der Waals surface area contributed by atoms with Crippen molar-refractivity contribution in [2.75, 3.05) is 32.9 Å². The van der Waals surface area contributed by atoms with E-state index >= 15 is 0 Å². The van der Waals surface area contributed by atoms with E-state index in [4.69, 9.17) is 14.9 Å². The molecule has 5 heteroatoms. The SMILES string of the molecule is Cc1ccc2c(c1)C(O)C(N(CCO)CCO)CO2. The van der Waals surface area contributed by atoms with Gasteiger partial charge in [-0.25, -0.2) is 0 Å². The monoisotopic (exact) mass is 267 g/mol. The van der Waals surface area contributed by atoms with Gasteiger partial charge in [-0.05, 0) is 19.1 Å². The van der Waals surface area contributed by atoms with Crippen molar-refractivity contribution < 1.29 is 20.1 Å². The number of aryl methyl sites for hydroxylation is 1. The molecular formula is C14H21NO4. The highest BCUT2D eigenvalue weighted by molar-refractivity contribution is 5.40. The number of benzene rings is 1. The molecular weight excluding hydrogens is 246 g/mol. The van der Waals surface area contributed by atoms with Crippen LogP contribution >= 0.6 is 0 Å². The van der Waals surface area contributed by atoms with E-state index in [1.807, 2.05) is 30.0 Å². The Hall–Kier alpha value is -1.14. The molecule has 5 nitrogen and oxygen atoms in total. The van der Waals surface area contributed by atoms with Gasteiger partial charge in [0.15, 0.2) is 0 Å². The lowest BCUT2D eigenvalue weighted by Crippen LogP contribution is -2.48. The molecule has 106 valence electrons. The van der Waals surface area contributed by atoms with Gasteiger partial charge in [-0.3, -0.25) is 4.90 Å². The molecule has 0 bridgehead atoms. The topological polar surface area (TPSA) is 73.2 Å². The fraction of sp³-hybridized carbons (Fsp3) is 0.571. The number of hydrogen-bond acceptors (Lipinski definition) is 5.